The quantitative estimate of drug-likeness (QED) is 0.0603. The Morgan fingerprint density at radius 2 is 1.29 bits per heavy atom. The SMILES string of the molecule is C[C@H]1OC(OC2C(CO)O[C@H](OC[C@@H](O)C(O)C(O)C(O)C=O)[C@H](O)C2O)C(O)[C@@H](O)C1NC1C=C(CO)[C@@H](O)C(O)[C@H]1O.S.S.S.S.S.S.S.S. The van der Waals surface area contributed by atoms with E-state index in [1.54, 1.807) is 0 Å². The minimum Gasteiger partial charge on any atom is -0.394 e. The maximum atomic E-state index is 10.9. The summed E-state index contributed by atoms with van der Waals surface area (Å²) in [5.74, 6) is 0. The predicted octanol–water partition coefficient (Wildman–Crippen LogP) is -7.82. The molecule has 1 aliphatic carbocycles. The Balaban J connectivity index is -0.000000661. The van der Waals surface area contributed by atoms with Crippen molar-refractivity contribution in [3.05, 3.63) is 11.6 Å². The number of rotatable bonds is 13. The average molecular weight is 918 g/mol. The zero-order chi connectivity index (χ0) is 33.0. The second-order valence-corrected chi connectivity index (χ2v) is 11.1. The number of carbonyl (C=O) groups is 1. The van der Waals surface area contributed by atoms with E-state index >= 15 is 0 Å². The van der Waals surface area contributed by atoms with E-state index in [0.29, 0.717) is 0 Å². The van der Waals surface area contributed by atoms with Gasteiger partial charge in [-0.2, -0.15) is 108 Å². The molecular formula is C25H59NO18S8. The lowest BCUT2D eigenvalue weighted by molar-refractivity contribution is -0.352. The van der Waals surface area contributed by atoms with Crippen molar-refractivity contribution in [3.8, 4) is 0 Å². The van der Waals surface area contributed by atoms with Gasteiger partial charge in [-0.3, -0.25) is 0 Å². The first-order valence-electron chi connectivity index (χ1n) is 13.9. The molecule has 0 bridgehead atoms. The molecule has 19 nitrogen and oxygen atoms in total. The van der Waals surface area contributed by atoms with Crippen molar-refractivity contribution in [1.29, 1.82) is 0 Å². The molecule has 2 aliphatic heterocycles. The van der Waals surface area contributed by atoms with Crippen molar-refractivity contribution in [2.75, 3.05) is 19.8 Å². The van der Waals surface area contributed by atoms with Crippen molar-refractivity contribution in [2.24, 2.45) is 0 Å². The average Bonchev–Trinajstić information content (AvgIpc) is 3.01. The summed E-state index contributed by atoms with van der Waals surface area (Å²) in [6.45, 7) is -0.817. The lowest BCUT2D eigenvalue weighted by Crippen LogP contribution is -2.68. The molecule has 3 rings (SSSR count). The third-order valence-corrected chi connectivity index (χ3v) is 8.01. The summed E-state index contributed by atoms with van der Waals surface area (Å²) in [7, 11) is 0. The maximum absolute atomic E-state index is 10.9. The Hall–Kier alpha value is 1.49. The number of hydrogen-bond donors (Lipinski definition) is 14. The van der Waals surface area contributed by atoms with Gasteiger partial charge in [0.25, 0.3) is 0 Å². The van der Waals surface area contributed by atoms with Crippen LogP contribution in [0.15, 0.2) is 11.6 Å². The number of ether oxygens (including phenoxy) is 4. The largest absolute Gasteiger partial charge is 0.394 e. The molecule has 2 saturated heterocycles. The van der Waals surface area contributed by atoms with Crippen LogP contribution in [0, 0.1) is 0 Å². The summed E-state index contributed by atoms with van der Waals surface area (Å²) < 4.78 is 21.9. The fourth-order valence-electron chi connectivity index (χ4n) is 5.25. The fourth-order valence-corrected chi connectivity index (χ4v) is 5.25. The van der Waals surface area contributed by atoms with Gasteiger partial charge in [0.15, 0.2) is 18.9 Å². The molecule has 2 fully saturated rings. The molecule has 0 aromatic rings. The zero-order valence-electron chi connectivity index (χ0n) is 27.5. The van der Waals surface area contributed by atoms with E-state index in [4.69, 9.17) is 18.9 Å². The second-order valence-electron chi connectivity index (χ2n) is 11.1. The lowest BCUT2D eigenvalue weighted by atomic mass is 9.86. The molecule has 52 heavy (non-hydrogen) atoms. The Kier molecular flexibility index (Phi) is 37.3. The number of carbonyl (C=O) groups excluding carboxylic acids is 1. The van der Waals surface area contributed by atoms with Gasteiger partial charge in [-0.25, -0.2) is 0 Å². The van der Waals surface area contributed by atoms with E-state index in [1.165, 1.54) is 13.0 Å². The molecule has 0 aromatic carbocycles. The van der Waals surface area contributed by atoms with Crippen molar-refractivity contribution in [3.63, 3.8) is 0 Å². The molecule has 27 heteroatoms. The van der Waals surface area contributed by atoms with Crippen LogP contribution in [0.25, 0.3) is 0 Å². The van der Waals surface area contributed by atoms with Crippen LogP contribution in [-0.4, -0.2) is 203 Å². The molecule has 2 heterocycles. The standard InChI is InChI=1S/C25H43NO18.8H2S/c1-7-13(26-9-2-8(3-27)14(32)19(37)15(9)33)18(36)21(39)25(42-7)44-23-12(5-29)43-24(22(40)20(23)38)41-6-11(31)17(35)16(34)10(30)4-28;;;;;;;;/h2,4,7,9-27,29-40H,3,5-6H2,1H3;8*1H2/t7-,9?,10?,11-,12?,13?,14-,15+,16?,17?,18+,19?,20?,21?,22-,23?,24+,25?;;;;;;;;/m1......../s1. The van der Waals surface area contributed by atoms with Crippen molar-refractivity contribution in [2.45, 2.75) is 117 Å². The number of nitrogens with one attached hydrogen (secondary N) is 1. The van der Waals surface area contributed by atoms with Gasteiger partial charge >= 0.3 is 0 Å². The maximum Gasteiger partial charge on any atom is 0.187 e. The van der Waals surface area contributed by atoms with E-state index in [-0.39, 0.29) is 120 Å². The van der Waals surface area contributed by atoms with Gasteiger partial charge in [0.05, 0.1) is 38.0 Å². The third-order valence-electron chi connectivity index (χ3n) is 8.01. The van der Waals surface area contributed by atoms with Crippen LogP contribution in [0.1, 0.15) is 6.92 Å². The van der Waals surface area contributed by atoms with Gasteiger partial charge in [-0.05, 0) is 12.5 Å². The highest BCUT2D eigenvalue weighted by atomic mass is 32.1. The van der Waals surface area contributed by atoms with Gasteiger partial charge in [0.2, 0.25) is 0 Å². The molecule has 18 atom stereocenters. The minimum atomic E-state index is -2.06. The summed E-state index contributed by atoms with van der Waals surface area (Å²) >= 11 is 0. The summed E-state index contributed by atoms with van der Waals surface area (Å²) in [5.41, 5.74) is 0.0167. The molecule has 0 amide bonds. The van der Waals surface area contributed by atoms with Crippen LogP contribution in [-0.2, 0) is 23.7 Å². The van der Waals surface area contributed by atoms with E-state index in [0.717, 1.165) is 0 Å². The first-order valence-corrected chi connectivity index (χ1v) is 13.9. The first kappa shape index (κ1) is 65.3. The number of hydrogen-bond acceptors (Lipinski definition) is 19. The molecule has 0 spiro atoms. The summed E-state index contributed by atoms with van der Waals surface area (Å²) in [4.78, 5) is 10.6. The van der Waals surface area contributed by atoms with Gasteiger partial charge < -0.3 is 95.4 Å². The van der Waals surface area contributed by atoms with Crippen molar-refractivity contribution in [1.82, 2.24) is 5.32 Å². The second kappa shape index (κ2) is 29.7. The normalized spacial score (nSPS) is 37.5. The van der Waals surface area contributed by atoms with Crippen molar-refractivity contribution >= 4 is 114 Å². The molecule has 14 N–H and O–H groups in total. The Bertz CT molecular complexity index is 975. The highest BCUT2D eigenvalue weighted by Crippen LogP contribution is 2.30. The highest BCUT2D eigenvalue weighted by molar-refractivity contribution is 7.60. The van der Waals surface area contributed by atoms with Gasteiger partial charge in [-0.1, -0.05) is 6.08 Å². The fraction of sp³-hybridized carbons (Fsp3) is 0.880. The smallest absolute Gasteiger partial charge is 0.187 e. The van der Waals surface area contributed by atoms with E-state index < -0.39 is 130 Å². The summed E-state index contributed by atoms with van der Waals surface area (Å²) in [6.07, 6.45) is -26.1. The number of aliphatic hydroxyl groups excluding tert-OH is 13. The summed E-state index contributed by atoms with van der Waals surface area (Å²) in [5, 5.41) is 134. The number of aliphatic hydroxyl groups is 13. The molecule has 0 aromatic heterocycles. The van der Waals surface area contributed by atoms with Crippen molar-refractivity contribution < 1.29 is 90.1 Å². The molecule has 11 unspecified atom stereocenters. The third kappa shape index (κ3) is 15.3. The van der Waals surface area contributed by atoms with Gasteiger partial charge in [0.1, 0.15) is 79.4 Å². The molecule has 0 saturated carbocycles. The number of aldehydes is 1. The molecule has 320 valence electrons. The van der Waals surface area contributed by atoms with Crippen LogP contribution < -0.4 is 5.32 Å². The van der Waals surface area contributed by atoms with E-state index in [9.17, 15) is 71.2 Å². The van der Waals surface area contributed by atoms with Crippen LogP contribution in [0.5, 0.6) is 0 Å². The Morgan fingerprint density at radius 1 is 0.750 bits per heavy atom. The summed E-state index contributed by atoms with van der Waals surface area (Å²) in [6, 6.07) is -2.18. The van der Waals surface area contributed by atoms with Crippen LogP contribution in [0.3, 0.4) is 0 Å². The monoisotopic (exact) mass is 917 g/mol. The minimum absolute atomic E-state index is 0. The van der Waals surface area contributed by atoms with Gasteiger partial charge in [-0.15, -0.1) is 0 Å². The van der Waals surface area contributed by atoms with Crippen LogP contribution in [0.2, 0.25) is 0 Å². The topological polar surface area (TPSA) is 329 Å². The zero-order valence-corrected chi connectivity index (χ0v) is 35.5. The lowest BCUT2D eigenvalue weighted by Gasteiger charge is -2.47. The predicted molar refractivity (Wildman–Crippen MR) is 222 cm³/mol. The molecular weight excluding hydrogens is 859 g/mol. The first-order chi connectivity index (χ1) is 20.7. The van der Waals surface area contributed by atoms with Crippen LogP contribution in [0.4, 0.5) is 0 Å². The van der Waals surface area contributed by atoms with Crippen LogP contribution >= 0.6 is 108 Å². The highest BCUT2D eigenvalue weighted by Gasteiger charge is 2.51. The Labute approximate surface area is 356 Å². The van der Waals surface area contributed by atoms with Gasteiger partial charge in [0, 0.05) is 0 Å². The van der Waals surface area contributed by atoms with E-state index in [2.05, 4.69) is 5.32 Å². The Morgan fingerprint density at radius 3 is 1.79 bits per heavy atom. The molecule has 3 aliphatic rings. The van der Waals surface area contributed by atoms with E-state index in [1.807, 2.05) is 0 Å². The molecule has 0 radical (unpaired) electrons.